The number of alkyl halides is 3. The third-order valence-corrected chi connectivity index (χ3v) is 4.62. The Morgan fingerprint density at radius 3 is 2.33 bits per heavy atom. The number of anilines is 1. The van der Waals surface area contributed by atoms with Gasteiger partial charge < -0.3 is 5.32 Å². The van der Waals surface area contributed by atoms with Crippen LogP contribution in [-0.2, 0) is 10.0 Å². The van der Waals surface area contributed by atoms with Gasteiger partial charge in [0.1, 0.15) is 17.3 Å². The average molecular weight is 325 g/mol. The molecule has 1 aromatic heterocycles. The van der Waals surface area contributed by atoms with Crippen molar-refractivity contribution in [3.8, 4) is 0 Å². The molecular weight excluding hydrogens is 307 g/mol. The van der Waals surface area contributed by atoms with Crippen LogP contribution in [0.4, 0.5) is 19.0 Å². The molecule has 1 heterocycles. The topological polar surface area (TPSA) is 62.3 Å². The maximum absolute atomic E-state index is 12.5. The van der Waals surface area contributed by atoms with Gasteiger partial charge in [0, 0.05) is 18.8 Å². The highest BCUT2D eigenvalue weighted by Gasteiger charge is 2.38. The van der Waals surface area contributed by atoms with E-state index in [2.05, 4.69) is 10.3 Å². The lowest BCUT2D eigenvalue weighted by molar-refractivity contribution is -0.138. The quantitative estimate of drug-likeness (QED) is 0.873. The van der Waals surface area contributed by atoms with Crippen LogP contribution in [0.3, 0.4) is 0 Å². The summed E-state index contributed by atoms with van der Waals surface area (Å²) in [6, 6.07) is 1.85. The summed E-state index contributed by atoms with van der Waals surface area (Å²) < 4.78 is 62.6. The van der Waals surface area contributed by atoms with Crippen LogP contribution < -0.4 is 5.32 Å². The van der Waals surface area contributed by atoms with Crippen molar-refractivity contribution >= 4 is 15.8 Å². The molecule has 0 saturated heterocycles. The van der Waals surface area contributed by atoms with Gasteiger partial charge in [-0.15, -0.1) is 0 Å². The van der Waals surface area contributed by atoms with Crippen LogP contribution in [0.25, 0.3) is 0 Å². The minimum Gasteiger partial charge on any atom is -0.370 e. The van der Waals surface area contributed by atoms with Crippen molar-refractivity contribution < 1.29 is 21.6 Å². The zero-order valence-corrected chi connectivity index (χ0v) is 12.8. The lowest BCUT2D eigenvalue weighted by Gasteiger charge is -2.26. The molecule has 120 valence electrons. The molecular formula is C12H18F3N3O2S. The Balaban J connectivity index is 3.11. The summed E-state index contributed by atoms with van der Waals surface area (Å²) >= 11 is 0. The largest absolute Gasteiger partial charge is 0.402 e. The summed E-state index contributed by atoms with van der Waals surface area (Å²) in [7, 11) is -4.24. The van der Waals surface area contributed by atoms with E-state index in [1.165, 1.54) is 26.0 Å². The second-order valence-corrected chi connectivity index (χ2v) is 6.56. The average Bonchev–Trinajstić information content (AvgIpc) is 2.35. The molecule has 9 heteroatoms. The molecule has 0 aliphatic carbocycles. The smallest absolute Gasteiger partial charge is 0.370 e. The zero-order valence-electron chi connectivity index (χ0n) is 12.0. The fourth-order valence-electron chi connectivity index (χ4n) is 1.68. The van der Waals surface area contributed by atoms with Crippen LogP contribution in [0.15, 0.2) is 23.2 Å². The summed E-state index contributed by atoms with van der Waals surface area (Å²) in [6.07, 6.45) is -3.55. The number of sulfonamides is 1. The van der Waals surface area contributed by atoms with Gasteiger partial charge in [-0.3, -0.25) is 0 Å². The van der Waals surface area contributed by atoms with Crippen LogP contribution >= 0.6 is 0 Å². The van der Waals surface area contributed by atoms with E-state index in [4.69, 9.17) is 0 Å². The summed E-state index contributed by atoms with van der Waals surface area (Å²) in [5.41, 5.74) is 0. The van der Waals surface area contributed by atoms with Gasteiger partial charge >= 0.3 is 6.18 Å². The van der Waals surface area contributed by atoms with Gasteiger partial charge in [0.25, 0.3) is 0 Å². The monoisotopic (exact) mass is 325 g/mol. The van der Waals surface area contributed by atoms with Crippen LogP contribution in [0, 0.1) is 0 Å². The molecule has 0 bridgehead atoms. The second kappa shape index (κ2) is 6.61. The maximum atomic E-state index is 12.5. The number of pyridine rings is 1. The molecule has 5 nitrogen and oxygen atoms in total. The zero-order chi connectivity index (χ0) is 16.3. The number of hydrogen-bond donors (Lipinski definition) is 1. The number of nitrogens with one attached hydrogen (secondary N) is 1. The predicted octanol–water partition coefficient (Wildman–Crippen LogP) is 2.47. The second-order valence-electron chi connectivity index (χ2n) is 4.67. The third kappa shape index (κ3) is 4.85. The molecule has 0 saturated carbocycles. The molecule has 0 fully saturated rings. The van der Waals surface area contributed by atoms with Crippen molar-refractivity contribution in [3.05, 3.63) is 18.3 Å². The number of hydrogen-bond acceptors (Lipinski definition) is 4. The molecule has 21 heavy (non-hydrogen) atoms. The summed E-state index contributed by atoms with van der Waals surface area (Å²) in [6.45, 7) is 3.71. The van der Waals surface area contributed by atoms with Crippen LogP contribution in [-0.4, -0.2) is 43.0 Å². The fourth-order valence-corrected chi connectivity index (χ4v) is 3.24. The van der Waals surface area contributed by atoms with E-state index >= 15 is 0 Å². The van der Waals surface area contributed by atoms with Gasteiger partial charge in [0.15, 0.2) is 0 Å². The minimum absolute atomic E-state index is 0.262. The van der Waals surface area contributed by atoms with Gasteiger partial charge in [-0.25, -0.2) is 13.4 Å². The van der Waals surface area contributed by atoms with Crippen molar-refractivity contribution in [1.82, 2.24) is 9.29 Å². The van der Waals surface area contributed by atoms with Crippen molar-refractivity contribution in [2.75, 3.05) is 18.4 Å². The van der Waals surface area contributed by atoms with Crippen molar-refractivity contribution in [2.24, 2.45) is 0 Å². The maximum Gasteiger partial charge on any atom is 0.402 e. The Bertz CT molecular complexity index is 556. The Labute approximate surface area is 122 Å². The van der Waals surface area contributed by atoms with E-state index in [1.807, 2.05) is 6.92 Å². The normalized spacial score (nSPS) is 13.0. The molecule has 0 spiro atoms. The van der Waals surface area contributed by atoms with Gasteiger partial charge in [0.05, 0.1) is 0 Å². The molecule has 0 atom stereocenters. The molecule has 0 unspecified atom stereocenters. The molecule has 1 rings (SSSR count). The first-order valence-electron chi connectivity index (χ1n) is 6.36. The fraction of sp³-hybridized carbons (Fsp3) is 0.583. The highest BCUT2D eigenvalue weighted by atomic mass is 32.2. The SMILES string of the molecule is CCNc1ccc(S(=O)(=O)N(CC(F)(F)F)C(C)C)cn1. The Hall–Kier alpha value is -1.35. The predicted molar refractivity (Wildman–Crippen MR) is 73.5 cm³/mol. The Kier molecular flexibility index (Phi) is 5.57. The number of aromatic nitrogens is 1. The van der Waals surface area contributed by atoms with E-state index < -0.39 is 28.8 Å². The van der Waals surface area contributed by atoms with E-state index in [-0.39, 0.29) is 4.90 Å². The molecule has 0 aliphatic rings. The molecule has 0 radical (unpaired) electrons. The first-order chi connectivity index (χ1) is 9.58. The van der Waals surface area contributed by atoms with E-state index in [0.29, 0.717) is 16.7 Å². The number of rotatable bonds is 6. The number of nitrogens with zero attached hydrogens (tertiary/aromatic N) is 2. The van der Waals surface area contributed by atoms with Crippen molar-refractivity contribution in [3.63, 3.8) is 0 Å². The Morgan fingerprint density at radius 2 is 1.95 bits per heavy atom. The van der Waals surface area contributed by atoms with E-state index in [0.717, 1.165) is 6.20 Å². The number of halogens is 3. The minimum atomic E-state index is -4.60. The van der Waals surface area contributed by atoms with Crippen LogP contribution in [0.5, 0.6) is 0 Å². The molecule has 1 aromatic rings. The third-order valence-electron chi connectivity index (χ3n) is 2.61. The molecule has 0 aromatic carbocycles. The van der Waals surface area contributed by atoms with Crippen molar-refractivity contribution in [1.29, 1.82) is 0 Å². The van der Waals surface area contributed by atoms with Gasteiger partial charge in [-0.2, -0.15) is 17.5 Å². The van der Waals surface area contributed by atoms with Gasteiger partial charge in [0.2, 0.25) is 10.0 Å². The van der Waals surface area contributed by atoms with E-state index in [9.17, 15) is 21.6 Å². The first kappa shape index (κ1) is 17.7. The lowest BCUT2D eigenvalue weighted by atomic mass is 10.4. The lowest BCUT2D eigenvalue weighted by Crippen LogP contribution is -2.43. The van der Waals surface area contributed by atoms with E-state index in [1.54, 1.807) is 0 Å². The molecule has 0 amide bonds. The molecule has 0 aliphatic heterocycles. The highest BCUT2D eigenvalue weighted by molar-refractivity contribution is 7.89. The summed E-state index contributed by atoms with van der Waals surface area (Å²) in [5, 5.41) is 2.88. The standard InChI is InChI=1S/C12H18F3N3O2S/c1-4-16-11-6-5-10(7-17-11)21(19,20)18(9(2)3)8-12(13,14)15/h5-7,9H,4,8H2,1-3H3,(H,16,17). The summed E-state index contributed by atoms with van der Waals surface area (Å²) in [4.78, 5) is 3.61. The van der Waals surface area contributed by atoms with Crippen LogP contribution in [0.2, 0.25) is 0 Å². The van der Waals surface area contributed by atoms with Crippen LogP contribution in [0.1, 0.15) is 20.8 Å². The molecule has 1 N–H and O–H groups in total. The highest BCUT2D eigenvalue weighted by Crippen LogP contribution is 2.24. The summed E-state index contributed by atoms with van der Waals surface area (Å²) in [5.74, 6) is 0.461. The Morgan fingerprint density at radius 1 is 1.33 bits per heavy atom. The van der Waals surface area contributed by atoms with Crippen molar-refractivity contribution in [2.45, 2.75) is 37.9 Å². The van der Waals surface area contributed by atoms with Gasteiger partial charge in [-0.05, 0) is 32.9 Å². The first-order valence-corrected chi connectivity index (χ1v) is 7.80. The van der Waals surface area contributed by atoms with Gasteiger partial charge in [-0.1, -0.05) is 0 Å².